The van der Waals surface area contributed by atoms with Gasteiger partial charge in [-0.3, -0.25) is 9.48 Å². The minimum absolute atomic E-state index is 0.188. The summed E-state index contributed by atoms with van der Waals surface area (Å²) in [4.78, 5) is 11.9. The Hall–Kier alpha value is -2.09. The van der Waals surface area contributed by atoms with E-state index in [9.17, 15) is 4.79 Å². The van der Waals surface area contributed by atoms with Crippen LogP contribution in [0.15, 0.2) is 24.0 Å². The van der Waals surface area contributed by atoms with Gasteiger partial charge in [0.1, 0.15) is 0 Å². The zero-order valence-corrected chi connectivity index (χ0v) is 9.68. The molecule has 1 amide bonds. The number of aromatic nitrogens is 2. The second-order valence-corrected chi connectivity index (χ2v) is 3.93. The van der Waals surface area contributed by atoms with Gasteiger partial charge in [0, 0.05) is 18.4 Å². The first kappa shape index (κ1) is 11.4. The molecule has 1 aliphatic rings. The van der Waals surface area contributed by atoms with Gasteiger partial charge < -0.3 is 5.32 Å². The second-order valence-electron chi connectivity index (χ2n) is 3.93. The van der Waals surface area contributed by atoms with Crippen LogP contribution in [-0.2, 0) is 6.54 Å². The number of hydrogen-bond donors (Lipinski definition) is 1. The Morgan fingerprint density at radius 3 is 3.24 bits per heavy atom. The summed E-state index contributed by atoms with van der Waals surface area (Å²) < 4.78 is 1.69. The normalized spacial score (nSPS) is 18.6. The average molecular weight is 230 g/mol. The average Bonchev–Trinajstić information content (AvgIpc) is 2.96. The molecule has 1 heterocycles. The summed E-state index contributed by atoms with van der Waals surface area (Å²) in [5.41, 5.74) is 1.10. The Morgan fingerprint density at radius 1 is 1.76 bits per heavy atom. The third kappa shape index (κ3) is 2.36. The predicted octanol–water partition coefficient (Wildman–Crippen LogP) is 1.45. The van der Waals surface area contributed by atoms with Gasteiger partial charge in [0.15, 0.2) is 5.69 Å². The SMILES string of the molecule is CCn1ccc(C(=O)NC2=CCCC2C#N)n1. The minimum atomic E-state index is -0.245. The number of carbonyl (C=O) groups excluding carboxylic acids is 1. The lowest BCUT2D eigenvalue weighted by atomic mass is 10.1. The Labute approximate surface area is 99.7 Å². The minimum Gasteiger partial charge on any atom is -0.323 e. The van der Waals surface area contributed by atoms with E-state index in [4.69, 9.17) is 5.26 Å². The van der Waals surface area contributed by atoms with Gasteiger partial charge in [-0.1, -0.05) is 6.08 Å². The van der Waals surface area contributed by atoms with E-state index in [0.29, 0.717) is 11.4 Å². The van der Waals surface area contributed by atoms with E-state index in [0.717, 1.165) is 19.4 Å². The molecule has 0 fully saturated rings. The van der Waals surface area contributed by atoms with Crippen LogP contribution >= 0.6 is 0 Å². The molecule has 0 spiro atoms. The maximum Gasteiger partial charge on any atom is 0.275 e. The second kappa shape index (κ2) is 4.83. The zero-order chi connectivity index (χ0) is 12.3. The van der Waals surface area contributed by atoms with Crippen LogP contribution in [0, 0.1) is 17.2 Å². The first-order valence-electron chi connectivity index (χ1n) is 5.69. The number of aryl methyl sites for hydroxylation is 1. The molecule has 2 rings (SSSR count). The molecular formula is C12H14N4O. The highest BCUT2D eigenvalue weighted by Crippen LogP contribution is 2.22. The van der Waals surface area contributed by atoms with Crippen molar-refractivity contribution < 1.29 is 4.79 Å². The Balaban J connectivity index is 2.05. The molecule has 1 aromatic heterocycles. The van der Waals surface area contributed by atoms with E-state index in [2.05, 4.69) is 16.5 Å². The molecule has 0 bridgehead atoms. The smallest absolute Gasteiger partial charge is 0.275 e. The Morgan fingerprint density at radius 2 is 2.59 bits per heavy atom. The number of carbonyl (C=O) groups is 1. The molecular weight excluding hydrogens is 216 g/mol. The van der Waals surface area contributed by atoms with E-state index < -0.39 is 0 Å². The van der Waals surface area contributed by atoms with Crippen LogP contribution in [-0.4, -0.2) is 15.7 Å². The summed E-state index contributed by atoms with van der Waals surface area (Å²) in [6, 6.07) is 3.85. The number of amides is 1. The lowest BCUT2D eigenvalue weighted by Gasteiger charge is -2.07. The molecule has 88 valence electrons. The van der Waals surface area contributed by atoms with Gasteiger partial charge in [0.25, 0.3) is 5.91 Å². The molecule has 0 radical (unpaired) electrons. The fraction of sp³-hybridized carbons (Fsp3) is 0.417. The highest BCUT2D eigenvalue weighted by atomic mass is 16.2. The number of nitriles is 1. The number of nitrogens with zero attached hydrogens (tertiary/aromatic N) is 3. The maximum atomic E-state index is 11.9. The summed E-state index contributed by atoms with van der Waals surface area (Å²) in [6.07, 6.45) is 5.30. The standard InChI is InChI=1S/C12H14N4O/c1-2-16-7-6-11(15-16)12(17)14-10-5-3-4-9(10)8-13/h5-7,9H,2-4H2,1H3,(H,14,17). The molecule has 1 N–H and O–H groups in total. The van der Waals surface area contributed by atoms with Crippen LogP contribution in [0.4, 0.5) is 0 Å². The van der Waals surface area contributed by atoms with Gasteiger partial charge in [-0.15, -0.1) is 0 Å². The number of nitrogens with one attached hydrogen (secondary N) is 1. The molecule has 1 unspecified atom stereocenters. The Bertz CT molecular complexity index is 495. The Kier molecular flexibility index (Phi) is 3.24. The molecule has 1 atom stereocenters. The van der Waals surface area contributed by atoms with Crippen molar-refractivity contribution >= 4 is 5.91 Å². The number of allylic oxidation sites excluding steroid dienone is 2. The van der Waals surface area contributed by atoms with Gasteiger partial charge in [-0.05, 0) is 25.8 Å². The summed E-state index contributed by atoms with van der Waals surface area (Å²) in [5.74, 6) is -0.433. The molecule has 0 saturated heterocycles. The van der Waals surface area contributed by atoms with Crippen LogP contribution in [0.25, 0.3) is 0 Å². The molecule has 0 saturated carbocycles. The van der Waals surface area contributed by atoms with Crippen molar-refractivity contribution in [2.45, 2.75) is 26.3 Å². The van der Waals surface area contributed by atoms with E-state index in [1.165, 1.54) is 0 Å². The molecule has 1 aliphatic carbocycles. The summed E-state index contributed by atoms with van der Waals surface area (Å²) in [5, 5.41) is 15.8. The van der Waals surface area contributed by atoms with Crippen LogP contribution in [0.5, 0.6) is 0 Å². The lowest BCUT2D eigenvalue weighted by Crippen LogP contribution is -2.25. The fourth-order valence-electron chi connectivity index (χ4n) is 1.83. The topological polar surface area (TPSA) is 70.7 Å². The van der Waals surface area contributed by atoms with E-state index in [1.807, 2.05) is 13.0 Å². The highest BCUT2D eigenvalue weighted by Gasteiger charge is 2.21. The molecule has 17 heavy (non-hydrogen) atoms. The van der Waals surface area contributed by atoms with Gasteiger partial charge in [0.05, 0.1) is 12.0 Å². The van der Waals surface area contributed by atoms with Crippen molar-refractivity contribution in [3.63, 3.8) is 0 Å². The molecule has 5 heteroatoms. The largest absolute Gasteiger partial charge is 0.323 e. The van der Waals surface area contributed by atoms with Crippen molar-refractivity contribution in [3.8, 4) is 6.07 Å². The number of rotatable bonds is 3. The molecule has 5 nitrogen and oxygen atoms in total. The van der Waals surface area contributed by atoms with E-state index in [-0.39, 0.29) is 11.8 Å². The third-order valence-corrected chi connectivity index (χ3v) is 2.81. The fourth-order valence-corrected chi connectivity index (χ4v) is 1.83. The van der Waals surface area contributed by atoms with Gasteiger partial charge >= 0.3 is 0 Å². The lowest BCUT2D eigenvalue weighted by molar-refractivity contribution is 0.0957. The first-order valence-corrected chi connectivity index (χ1v) is 5.69. The van der Waals surface area contributed by atoms with Gasteiger partial charge in [-0.25, -0.2) is 0 Å². The van der Waals surface area contributed by atoms with Crippen LogP contribution in [0.1, 0.15) is 30.3 Å². The van der Waals surface area contributed by atoms with Gasteiger partial charge in [0.2, 0.25) is 0 Å². The van der Waals surface area contributed by atoms with Crippen molar-refractivity contribution in [3.05, 3.63) is 29.7 Å². The highest BCUT2D eigenvalue weighted by molar-refractivity contribution is 5.93. The third-order valence-electron chi connectivity index (χ3n) is 2.81. The van der Waals surface area contributed by atoms with Crippen molar-refractivity contribution in [2.24, 2.45) is 5.92 Å². The zero-order valence-electron chi connectivity index (χ0n) is 9.68. The van der Waals surface area contributed by atoms with E-state index >= 15 is 0 Å². The van der Waals surface area contributed by atoms with E-state index in [1.54, 1.807) is 16.9 Å². The molecule has 1 aromatic rings. The molecule has 0 aliphatic heterocycles. The maximum absolute atomic E-state index is 11.9. The summed E-state index contributed by atoms with van der Waals surface area (Å²) in [6.45, 7) is 2.69. The van der Waals surface area contributed by atoms with Gasteiger partial charge in [-0.2, -0.15) is 10.4 Å². The van der Waals surface area contributed by atoms with Crippen molar-refractivity contribution in [1.82, 2.24) is 15.1 Å². The molecule has 0 aromatic carbocycles. The monoisotopic (exact) mass is 230 g/mol. The number of hydrogen-bond acceptors (Lipinski definition) is 3. The predicted molar refractivity (Wildman–Crippen MR) is 61.8 cm³/mol. The van der Waals surface area contributed by atoms with Crippen molar-refractivity contribution in [2.75, 3.05) is 0 Å². The van der Waals surface area contributed by atoms with Crippen LogP contribution in [0.3, 0.4) is 0 Å². The summed E-state index contributed by atoms with van der Waals surface area (Å²) in [7, 11) is 0. The first-order chi connectivity index (χ1) is 8.24. The van der Waals surface area contributed by atoms with Crippen LogP contribution in [0.2, 0.25) is 0 Å². The van der Waals surface area contributed by atoms with Crippen molar-refractivity contribution in [1.29, 1.82) is 5.26 Å². The summed E-state index contributed by atoms with van der Waals surface area (Å²) >= 11 is 0. The van der Waals surface area contributed by atoms with Crippen LogP contribution < -0.4 is 5.32 Å². The quantitative estimate of drug-likeness (QED) is 0.854.